The van der Waals surface area contributed by atoms with E-state index in [-0.39, 0.29) is 28.2 Å². The van der Waals surface area contributed by atoms with Crippen LogP contribution < -0.4 is 21.5 Å². The number of hydrogen-bond acceptors (Lipinski definition) is 15. The van der Waals surface area contributed by atoms with E-state index in [1.807, 2.05) is 0 Å². The van der Waals surface area contributed by atoms with Gasteiger partial charge < -0.3 is 25.6 Å². The van der Waals surface area contributed by atoms with Gasteiger partial charge in [-0.2, -0.15) is 40.2 Å². The maximum absolute atomic E-state index is 13.9. The van der Waals surface area contributed by atoms with Gasteiger partial charge in [0, 0.05) is 29.8 Å². The van der Waals surface area contributed by atoms with Crippen LogP contribution in [0.25, 0.3) is 22.0 Å². The van der Waals surface area contributed by atoms with Crippen molar-refractivity contribution in [2.24, 2.45) is 7.05 Å². The van der Waals surface area contributed by atoms with Gasteiger partial charge in [0.1, 0.15) is 9.79 Å². The van der Waals surface area contributed by atoms with Crippen molar-refractivity contribution in [1.29, 1.82) is 0 Å². The summed E-state index contributed by atoms with van der Waals surface area (Å²) in [6, 6.07) is 15.8. The van der Waals surface area contributed by atoms with Gasteiger partial charge in [-0.3, -0.25) is 23.2 Å². The van der Waals surface area contributed by atoms with E-state index in [0.29, 0.717) is 45.8 Å². The van der Waals surface area contributed by atoms with E-state index in [1.165, 1.54) is 28.8 Å². The lowest BCUT2D eigenvalue weighted by atomic mass is 9.83. The second kappa shape index (κ2) is 12.7. The molecule has 4 aromatic carbocycles. The van der Waals surface area contributed by atoms with Gasteiger partial charge in [-0.25, -0.2) is 0 Å². The number of anilines is 6. The van der Waals surface area contributed by atoms with Gasteiger partial charge in [0.25, 0.3) is 35.9 Å². The van der Waals surface area contributed by atoms with Crippen LogP contribution in [0.1, 0.15) is 15.9 Å². The SMILES string of the molecule is Cn1c(=O)cc2c3c(c(Nc4ccc(Nc5nc(O)nc(Nc6cc(S(=O)(=O)O)ccc6S(=O)(=O)O)n5)cc4S(=O)(=O)O)ccc31)C(=O)c1ccccc1-2. The highest BCUT2D eigenvalue weighted by atomic mass is 32.2. The number of carbonyl (C=O) groups is 1. The Bertz CT molecular complexity index is 3030. The number of ketones is 1. The third-order valence-corrected chi connectivity index (χ3v) is 10.9. The summed E-state index contributed by atoms with van der Waals surface area (Å²) in [6.45, 7) is 0. The van der Waals surface area contributed by atoms with Crippen LogP contribution >= 0.6 is 0 Å². The molecule has 7 N–H and O–H groups in total. The Morgan fingerprint density at radius 1 is 0.611 bits per heavy atom. The molecule has 0 atom stereocenters. The van der Waals surface area contributed by atoms with Crippen molar-refractivity contribution < 1.29 is 48.8 Å². The first-order chi connectivity index (χ1) is 25.3. The molecule has 1 aliphatic rings. The van der Waals surface area contributed by atoms with Crippen LogP contribution in [0.5, 0.6) is 6.01 Å². The molecule has 0 fully saturated rings. The van der Waals surface area contributed by atoms with Crippen molar-refractivity contribution in [2.75, 3.05) is 16.0 Å². The molecule has 7 rings (SSSR count). The molecule has 0 saturated carbocycles. The number of nitrogens with zero attached hydrogens (tertiary/aromatic N) is 4. The van der Waals surface area contributed by atoms with Gasteiger partial charge in [0.15, 0.2) is 5.78 Å². The van der Waals surface area contributed by atoms with Crippen molar-refractivity contribution in [3.63, 3.8) is 0 Å². The lowest BCUT2D eigenvalue weighted by molar-refractivity contribution is 0.104. The Morgan fingerprint density at radius 2 is 1.26 bits per heavy atom. The van der Waals surface area contributed by atoms with E-state index in [1.54, 1.807) is 37.4 Å². The van der Waals surface area contributed by atoms with Crippen LogP contribution in [0.4, 0.5) is 34.6 Å². The fourth-order valence-electron chi connectivity index (χ4n) is 5.94. The fraction of sp³-hybridized carbons (Fsp3) is 0.0312. The Morgan fingerprint density at radius 3 is 1.93 bits per heavy atom. The zero-order chi connectivity index (χ0) is 38.9. The van der Waals surface area contributed by atoms with Crippen LogP contribution in [0.15, 0.2) is 98.3 Å². The van der Waals surface area contributed by atoms with Crippen LogP contribution in [0, 0.1) is 0 Å². The Labute approximate surface area is 304 Å². The molecule has 0 saturated heterocycles. The lowest BCUT2D eigenvalue weighted by Crippen LogP contribution is -2.21. The van der Waals surface area contributed by atoms with E-state index >= 15 is 0 Å². The Balaban J connectivity index is 1.26. The van der Waals surface area contributed by atoms with Gasteiger partial charge in [-0.15, -0.1) is 0 Å². The van der Waals surface area contributed by atoms with Crippen molar-refractivity contribution in [3.8, 4) is 17.1 Å². The van der Waals surface area contributed by atoms with Gasteiger partial charge in [0.2, 0.25) is 11.9 Å². The topological polar surface area (TPSA) is 297 Å². The molecule has 0 spiro atoms. The summed E-state index contributed by atoms with van der Waals surface area (Å²) in [5.41, 5.74) is 0.943. The van der Waals surface area contributed by atoms with Crippen molar-refractivity contribution in [1.82, 2.24) is 19.5 Å². The molecular formula is C32H23N7O12S3. The summed E-state index contributed by atoms with van der Waals surface area (Å²) in [5.74, 6) is -1.49. The van der Waals surface area contributed by atoms with Gasteiger partial charge >= 0.3 is 6.01 Å². The number of aromatic nitrogens is 4. The number of aromatic hydroxyl groups is 1. The molecule has 0 amide bonds. The molecule has 2 aromatic heterocycles. The number of fused-ring (bicyclic) bond motifs is 2. The highest BCUT2D eigenvalue weighted by Crippen LogP contribution is 2.42. The molecule has 0 bridgehead atoms. The zero-order valence-electron chi connectivity index (χ0n) is 27.1. The molecule has 1 aliphatic carbocycles. The minimum atomic E-state index is -4.99. The fourth-order valence-corrected chi connectivity index (χ4v) is 7.75. The lowest BCUT2D eigenvalue weighted by Gasteiger charge is -2.24. The van der Waals surface area contributed by atoms with Crippen LogP contribution in [0.2, 0.25) is 0 Å². The van der Waals surface area contributed by atoms with E-state index in [9.17, 15) is 53.6 Å². The Kier molecular flexibility index (Phi) is 8.47. The molecule has 2 heterocycles. The standard InChI is InChI=1S/C32H23N7O12S3/c1-39-23-10-9-21(28-27(23)19(14-26(39)40)17-4-2-3-5-18(17)29(28)41)34-20-8-6-15(12-25(20)54(49,50)51)33-30-36-31(38-32(42)37-30)35-22-13-16(52(43,44)45)7-11-24(22)53(46,47)48/h2-14,34H,1H3,(H,43,44,45)(H,46,47,48)(H,49,50,51)(H3,33,35,36,37,38,42). The summed E-state index contributed by atoms with van der Waals surface area (Å²) < 4.78 is 103. The number of rotatable bonds is 9. The van der Waals surface area contributed by atoms with Crippen molar-refractivity contribution in [2.45, 2.75) is 14.7 Å². The van der Waals surface area contributed by atoms with E-state index in [0.717, 1.165) is 6.07 Å². The van der Waals surface area contributed by atoms with Gasteiger partial charge in [-0.05, 0) is 59.7 Å². The average molecular weight is 794 g/mol. The summed E-state index contributed by atoms with van der Waals surface area (Å²) in [7, 11) is -13.3. The number of carbonyl (C=O) groups excluding carboxylic acids is 1. The van der Waals surface area contributed by atoms with E-state index < -0.39 is 74.4 Å². The van der Waals surface area contributed by atoms with Gasteiger partial charge in [0.05, 0.1) is 33.0 Å². The number of pyridine rings is 1. The number of hydrogen-bond donors (Lipinski definition) is 7. The Hall–Kier alpha value is -6.30. The molecule has 54 heavy (non-hydrogen) atoms. The van der Waals surface area contributed by atoms with Crippen LogP contribution in [-0.4, -0.2) is 69.3 Å². The third kappa shape index (κ3) is 6.59. The molecule has 0 unspecified atom stereocenters. The molecule has 6 aromatic rings. The molecule has 0 aliphatic heterocycles. The smallest absolute Gasteiger partial charge is 0.320 e. The second-order valence-electron chi connectivity index (χ2n) is 11.7. The zero-order valence-corrected chi connectivity index (χ0v) is 29.5. The molecule has 276 valence electrons. The van der Waals surface area contributed by atoms with Crippen LogP contribution in [-0.2, 0) is 37.4 Å². The first kappa shape index (κ1) is 36.1. The summed E-state index contributed by atoms with van der Waals surface area (Å²) >= 11 is 0. The van der Waals surface area contributed by atoms with Gasteiger partial charge in [-0.1, -0.05) is 24.3 Å². The first-order valence-corrected chi connectivity index (χ1v) is 19.4. The molecular weight excluding hydrogens is 771 g/mol. The second-order valence-corrected chi connectivity index (χ2v) is 15.9. The maximum Gasteiger partial charge on any atom is 0.320 e. The average Bonchev–Trinajstić information content (AvgIpc) is 3.08. The predicted octanol–water partition coefficient (Wildman–Crippen LogP) is 3.61. The molecule has 22 heteroatoms. The number of benzene rings is 4. The van der Waals surface area contributed by atoms with E-state index in [2.05, 4.69) is 30.9 Å². The van der Waals surface area contributed by atoms with Crippen LogP contribution in [0.3, 0.4) is 0 Å². The third-order valence-electron chi connectivity index (χ3n) is 8.28. The summed E-state index contributed by atoms with van der Waals surface area (Å²) in [4.78, 5) is 35.6. The molecule has 0 radical (unpaired) electrons. The maximum atomic E-state index is 13.9. The summed E-state index contributed by atoms with van der Waals surface area (Å²) in [6.07, 6.45) is 0. The monoisotopic (exact) mass is 793 g/mol. The predicted molar refractivity (Wildman–Crippen MR) is 192 cm³/mol. The number of aryl methyl sites for hydroxylation is 1. The van der Waals surface area contributed by atoms with Crippen molar-refractivity contribution >= 4 is 81.7 Å². The minimum absolute atomic E-state index is 0.0844. The normalized spacial score (nSPS) is 12.7. The van der Waals surface area contributed by atoms with Crippen molar-refractivity contribution in [3.05, 3.63) is 100 Å². The quantitative estimate of drug-likeness (QED) is 0.103. The number of nitrogens with one attached hydrogen (secondary N) is 3. The molecule has 19 nitrogen and oxygen atoms in total. The highest BCUT2D eigenvalue weighted by Gasteiger charge is 2.30. The first-order valence-electron chi connectivity index (χ1n) is 15.1. The minimum Gasteiger partial charge on any atom is -0.479 e. The highest BCUT2D eigenvalue weighted by molar-refractivity contribution is 7.86. The van der Waals surface area contributed by atoms with E-state index in [4.69, 9.17) is 0 Å². The largest absolute Gasteiger partial charge is 0.479 e. The summed E-state index contributed by atoms with van der Waals surface area (Å²) in [5, 5.41) is 18.5.